The van der Waals surface area contributed by atoms with Gasteiger partial charge in [-0.2, -0.15) is 0 Å². The summed E-state index contributed by atoms with van der Waals surface area (Å²) in [7, 11) is 0. The summed E-state index contributed by atoms with van der Waals surface area (Å²) in [6.45, 7) is 0. The van der Waals surface area contributed by atoms with Crippen molar-refractivity contribution in [2.24, 2.45) is 5.73 Å². The van der Waals surface area contributed by atoms with Gasteiger partial charge in [0.1, 0.15) is 5.69 Å². The molecule has 0 bridgehead atoms. The predicted octanol–water partition coefficient (Wildman–Crippen LogP) is 0.767. The number of nitrogens with one attached hydrogen (secondary N) is 1. The van der Waals surface area contributed by atoms with Crippen molar-refractivity contribution in [1.29, 1.82) is 0 Å². The van der Waals surface area contributed by atoms with Crippen LogP contribution in [0, 0.1) is 0 Å². The second-order valence-corrected chi connectivity index (χ2v) is 2.03. The maximum absolute atomic E-state index is 10.3. The fourth-order valence-corrected chi connectivity index (χ4v) is 0.674. The molecule has 0 aliphatic heterocycles. The Morgan fingerprint density at radius 1 is 1.78 bits per heavy atom. The number of aromatic nitrogens is 1. The van der Waals surface area contributed by atoms with Crippen LogP contribution in [-0.4, -0.2) is 10.9 Å². The maximum atomic E-state index is 10.3. The molecule has 0 unspecified atom stereocenters. The van der Waals surface area contributed by atoms with E-state index in [0.29, 0.717) is 10.7 Å². The predicted molar refractivity (Wildman–Crippen MR) is 34.3 cm³/mol. The van der Waals surface area contributed by atoms with Gasteiger partial charge in [0.25, 0.3) is 5.91 Å². The number of hydrogen-bond acceptors (Lipinski definition) is 1. The van der Waals surface area contributed by atoms with Gasteiger partial charge in [-0.1, -0.05) is 11.6 Å². The van der Waals surface area contributed by atoms with Gasteiger partial charge in [-0.15, -0.1) is 0 Å². The summed E-state index contributed by atoms with van der Waals surface area (Å²) >= 11 is 5.47. The van der Waals surface area contributed by atoms with Crippen molar-refractivity contribution in [2.45, 2.75) is 0 Å². The van der Waals surface area contributed by atoms with E-state index in [-0.39, 0.29) is 0 Å². The van der Waals surface area contributed by atoms with Crippen molar-refractivity contribution in [3.63, 3.8) is 0 Å². The first-order valence-electron chi connectivity index (χ1n) is 2.34. The quantitative estimate of drug-likeness (QED) is 0.601. The average molecular weight is 145 g/mol. The molecule has 1 aromatic heterocycles. The van der Waals surface area contributed by atoms with Crippen LogP contribution >= 0.6 is 11.6 Å². The van der Waals surface area contributed by atoms with E-state index < -0.39 is 5.91 Å². The van der Waals surface area contributed by atoms with Gasteiger partial charge in [0, 0.05) is 6.20 Å². The highest BCUT2D eigenvalue weighted by atomic mass is 35.5. The SMILES string of the molecule is NC(=O)c1cc(Cl)c[nH]1. The normalized spacial score (nSPS) is 9.44. The van der Waals surface area contributed by atoms with Crippen molar-refractivity contribution in [3.8, 4) is 0 Å². The Kier molecular flexibility index (Phi) is 1.44. The Morgan fingerprint density at radius 2 is 2.44 bits per heavy atom. The standard InChI is InChI=1S/C5H5ClN2O/c6-3-1-4(5(7)9)8-2-3/h1-2,8H,(H2,7,9). The van der Waals surface area contributed by atoms with Crippen molar-refractivity contribution in [1.82, 2.24) is 4.98 Å². The van der Waals surface area contributed by atoms with E-state index in [1.165, 1.54) is 12.3 Å². The number of H-pyrrole nitrogens is 1. The number of primary amides is 1. The lowest BCUT2D eigenvalue weighted by atomic mass is 10.4. The van der Waals surface area contributed by atoms with Crippen molar-refractivity contribution < 1.29 is 4.79 Å². The molecule has 1 rings (SSSR count). The van der Waals surface area contributed by atoms with Gasteiger partial charge in [0.05, 0.1) is 5.02 Å². The number of rotatable bonds is 1. The van der Waals surface area contributed by atoms with Crippen LogP contribution < -0.4 is 5.73 Å². The molecule has 0 radical (unpaired) electrons. The van der Waals surface area contributed by atoms with Crippen LogP contribution in [0.15, 0.2) is 12.3 Å². The summed E-state index contributed by atoms with van der Waals surface area (Å²) in [6, 6.07) is 1.48. The third-order valence-corrected chi connectivity index (χ3v) is 1.13. The first-order chi connectivity index (χ1) is 4.20. The summed E-state index contributed by atoms with van der Waals surface area (Å²) < 4.78 is 0. The number of nitrogens with two attached hydrogens (primary N) is 1. The van der Waals surface area contributed by atoms with Gasteiger partial charge in [-0.3, -0.25) is 4.79 Å². The van der Waals surface area contributed by atoms with Gasteiger partial charge in [0.2, 0.25) is 0 Å². The molecule has 9 heavy (non-hydrogen) atoms. The summed E-state index contributed by atoms with van der Waals surface area (Å²) in [5, 5.41) is 0.490. The molecular weight excluding hydrogens is 140 g/mol. The largest absolute Gasteiger partial charge is 0.364 e. The molecule has 3 N–H and O–H groups in total. The lowest BCUT2D eigenvalue weighted by Crippen LogP contribution is -2.10. The maximum Gasteiger partial charge on any atom is 0.265 e. The molecule has 0 aliphatic rings. The first kappa shape index (κ1) is 6.16. The molecule has 1 heterocycles. The molecule has 1 amide bonds. The van der Waals surface area contributed by atoms with Gasteiger partial charge in [-0.25, -0.2) is 0 Å². The number of halogens is 1. The number of amides is 1. The molecule has 0 aliphatic carbocycles. The lowest BCUT2D eigenvalue weighted by molar-refractivity contribution is 0.0996. The van der Waals surface area contributed by atoms with E-state index in [1.807, 2.05) is 0 Å². The smallest absolute Gasteiger partial charge is 0.265 e. The number of carbonyl (C=O) groups excluding carboxylic acids is 1. The number of hydrogen-bond donors (Lipinski definition) is 2. The fourth-order valence-electron chi connectivity index (χ4n) is 0.510. The highest BCUT2D eigenvalue weighted by Gasteiger charge is 2.00. The van der Waals surface area contributed by atoms with E-state index >= 15 is 0 Å². The van der Waals surface area contributed by atoms with Gasteiger partial charge in [0.15, 0.2) is 0 Å². The average Bonchev–Trinajstić information content (AvgIpc) is 2.14. The fraction of sp³-hybridized carbons (Fsp3) is 0. The van der Waals surface area contributed by atoms with Crippen LogP contribution in [-0.2, 0) is 0 Å². The minimum atomic E-state index is -0.498. The molecule has 0 fully saturated rings. The highest BCUT2D eigenvalue weighted by Crippen LogP contribution is 2.07. The molecular formula is C5H5ClN2O. The molecule has 0 atom stereocenters. The number of aromatic amines is 1. The highest BCUT2D eigenvalue weighted by molar-refractivity contribution is 6.30. The van der Waals surface area contributed by atoms with Crippen LogP contribution in [0.2, 0.25) is 5.02 Å². The van der Waals surface area contributed by atoms with Gasteiger partial charge in [-0.05, 0) is 6.07 Å². The molecule has 48 valence electrons. The zero-order chi connectivity index (χ0) is 6.85. The second-order valence-electron chi connectivity index (χ2n) is 1.60. The topological polar surface area (TPSA) is 58.9 Å². The van der Waals surface area contributed by atoms with Gasteiger partial charge >= 0.3 is 0 Å². The lowest BCUT2D eigenvalue weighted by Gasteiger charge is -1.82. The van der Waals surface area contributed by atoms with E-state index in [1.54, 1.807) is 0 Å². The Hall–Kier alpha value is -0.960. The Bertz CT molecular complexity index is 231. The zero-order valence-electron chi connectivity index (χ0n) is 4.52. The molecule has 0 saturated carbocycles. The first-order valence-corrected chi connectivity index (χ1v) is 2.71. The molecule has 0 spiro atoms. The van der Waals surface area contributed by atoms with Crippen LogP contribution in [0.5, 0.6) is 0 Å². The Morgan fingerprint density at radius 3 is 2.67 bits per heavy atom. The molecule has 1 aromatic rings. The summed E-state index contributed by atoms with van der Waals surface area (Å²) in [4.78, 5) is 12.9. The van der Waals surface area contributed by atoms with Crippen LogP contribution in [0.25, 0.3) is 0 Å². The van der Waals surface area contributed by atoms with E-state index in [0.717, 1.165) is 0 Å². The zero-order valence-corrected chi connectivity index (χ0v) is 5.27. The minimum Gasteiger partial charge on any atom is -0.364 e. The third kappa shape index (κ3) is 1.23. The Balaban J connectivity index is 2.98. The molecule has 0 aromatic carbocycles. The van der Waals surface area contributed by atoms with Crippen molar-refractivity contribution >= 4 is 17.5 Å². The van der Waals surface area contributed by atoms with Crippen molar-refractivity contribution in [2.75, 3.05) is 0 Å². The molecule has 0 saturated heterocycles. The third-order valence-electron chi connectivity index (χ3n) is 0.913. The molecule has 3 nitrogen and oxygen atoms in total. The van der Waals surface area contributed by atoms with E-state index in [4.69, 9.17) is 17.3 Å². The second kappa shape index (κ2) is 2.11. The van der Waals surface area contributed by atoms with Crippen LogP contribution in [0.3, 0.4) is 0 Å². The van der Waals surface area contributed by atoms with Gasteiger partial charge < -0.3 is 10.7 Å². The summed E-state index contributed by atoms with van der Waals surface area (Å²) in [5.41, 5.74) is 5.23. The Labute approximate surface area is 56.8 Å². The van der Waals surface area contributed by atoms with E-state index in [2.05, 4.69) is 4.98 Å². The summed E-state index contributed by atoms with van der Waals surface area (Å²) in [6.07, 6.45) is 1.50. The van der Waals surface area contributed by atoms with Crippen LogP contribution in [0.4, 0.5) is 0 Å². The van der Waals surface area contributed by atoms with Crippen LogP contribution in [0.1, 0.15) is 10.5 Å². The summed E-state index contributed by atoms with van der Waals surface area (Å²) in [5.74, 6) is -0.498. The monoisotopic (exact) mass is 144 g/mol. The van der Waals surface area contributed by atoms with Crippen molar-refractivity contribution in [3.05, 3.63) is 23.0 Å². The van der Waals surface area contributed by atoms with E-state index in [9.17, 15) is 4.79 Å². The minimum absolute atomic E-state index is 0.333. The molecule has 4 heteroatoms. The number of carbonyl (C=O) groups is 1.